The van der Waals surface area contributed by atoms with E-state index in [1.165, 1.54) is 27.2 Å². The van der Waals surface area contributed by atoms with Crippen LogP contribution in [-0.4, -0.2) is 4.57 Å². The highest BCUT2D eigenvalue weighted by molar-refractivity contribution is 7.25. The van der Waals surface area contributed by atoms with E-state index in [-0.39, 0.29) is 11.1 Å². The first-order valence-corrected chi connectivity index (χ1v) is 9.01. The number of unbranched alkanes of at least 4 members (excludes halogenated alkanes) is 3. The Kier molecular flexibility index (Phi) is 4.22. The maximum absolute atomic E-state index is 12.7. The fourth-order valence-corrected chi connectivity index (χ4v) is 4.56. The SMILES string of the molecule is CCCCCCn1c(=O)c2ccsc2c2sccc2c1=O. The molecule has 0 aliphatic heterocycles. The van der Waals surface area contributed by atoms with Crippen molar-refractivity contribution < 1.29 is 0 Å². The Morgan fingerprint density at radius 1 is 0.905 bits per heavy atom. The highest BCUT2D eigenvalue weighted by atomic mass is 32.1. The molecule has 0 aromatic carbocycles. The molecule has 21 heavy (non-hydrogen) atoms. The molecule has 0 amide bonds. The minimum absolute atomic E-state index is 0.142. The molecule has 0 N–H and O–H groups in total. The Morgan fingerprint density at radius 2 is 1.48 bits per heavy atom. The molecule has 3 rings (SSSR count). The van der Waals surface area contributed by atoms with Crippen molar-refractivity contribution in [3.63, 3.8) is 0 Å². The molecule has 3 heterocycles. The van der Waals surface area contributed by atoms with Gasteiger partial charge in [-0.25, -0.2) is 0 Å². The summed E-state index contributed by atoms with van der Waals surface area (Å²) in [6.45, 7) is 2.67. The number of nitrogens with zero attached hydrogens (tertiary/aromatic N) is 1. The van der Waals surface area contributed by atoms with Crippen molar-refractivity contribution in [3.8, 4) is 0 Å². The molecule has 0 atom stereocenters. The smallest absolute Gasteiger partial charge is 0.262 e. The van der Waals surface area contributed by atoms with Crippen LogP contribution in [0.3, 0.4) is 0 Å². The zero-order valence-corrected chi connectivity index (χ0v) is 13.6. The van der Waals surface area contributed by atoms with Crippen LogP contribution in [0, 0.1) is 0 Å². The van der Waals surface area contributed by atoms with E-state index in [9.17, 15) is 9.59 Å². The lowest BCUT2D eigenvalue weighted by molar-refractivity contribution is 0.565. The second kappa shape index (κ2) is 6.12. The quantitative estimate of drug-likeness (QED) is 0.661. The molecular formula is C16H17NO2S2. The first-order valence-electron chi connectivity index (χ1n) is 7.25. The van der Waals surface area contributed by atoms with Crippen molar-refractivity contribution in [2.24, 2.45) is 0 Å². The monoisotopic (exact) mass is 319 g/mol. The molecule has 0 aliphatic rings. The zero-order chi connectivity index (χ0) is 14.8. The number of hydrogen-bond acceptors (Lipinski definition) is 4. The largest absolute Gasteiger partial charge is 0.274 e. The van der Waals surface area contributed by atoms with Gasteiger partial charge in [0.1, 0.15) is 0 Å². The van der Waals surface area contributed by atoms with Gasteiger partial charge in [-0.15, -0.1) is 22.7 Å². The van der Waals surface area contributed by atoms with Gasteiger partial charge in [-0.1, -0.05) is 26.2 Å². The lowest BCUT2D eigenvalue weighted by Gasteiger charge is -2.01. The number of thiophene rings is 2. The molecule has 0 bridgehead atoms. The topological polar surface area (TPSA) is 39.1 Å². The van der Waals surface area contributed by atoms with Crippen LogP contribution in [0.25, 0.3) is 20.2 Å². The van der Waals surface area contributed by atoms with Gasteiger partial charge in [0.25, 0.3) is 11.1 Å². The normalized spacial score (nSPS) is 11.5. The predicted molar refractivity (Wildman–Crippen MR) is 91.9 cm³/mol. The van der Waals surface area contributed by atoms with Crippen LogP contribution < -0.4 is 11.1 Å². The zero-order valence-electron chi connectivity index (χ0n) is 11.9. The molecular weight excluding hydrogens is 302 g/mol. The molecule has 5 heteroatoms. The Labute approximate surface area is 130 Å². The van der Waals surface area contributed by atoms with Gasteiger partial charge in [0, 0.05) is 6.54 Å². The summed E-state index contributed by atoms with van der Waals surface area (Å²) in [5.74, 6) is 0. The lowest BCUT2D eigenvalue weighted by atomic mass is 10.2. The minimum Gasteiger partial charge on any atom is -0.274 e. The fraction of sp³-hybridized carbons (Fsp3) is 0.375. The van der Waals surface area contributed by atoms with E-state index in [4.69, 9.17) is 0 Å². The van der Waals surface area contributed by atoms with Crippen LogP contribution in [0.2, 0.25) is 0 Å². The molecule has 0 fully saturated rings. The standard InChI is InChI=1S/C16H17NO2S2/c1-2-3-4-5-8-17-15(18)11-6-9-20-13(11)14-12(16(17)19)7-10-21-14/h6-7,9-10H,2-5,8H2,1H3. The van der Waals surface area contributed by atoms with Crippen LogP contribution in [0.15, 0.2) is 32.5 Å². The first kappa shape index (κ1) is 14.5. The Morgan fingerprint density at radius 3 is 2.00 bits per heavy atom. The van der Waals surface area contributed by atoms with Crippen LogP contribution in [-0.2, 0) is 6.54 Å². The molecule has 3 nitrogen and oxygen atoms in total. The maximum atomic E-state index is 12.7. The van der Waals surface area contributed by atoms with E-state index in [1.54, 1.807) is 0 Å². The lowest BCUT2D eigenvalue weighted by Crippen LogP contribution is -2.30. The predicted octanol–water partition coefficient (Wildman–Crippen LogP) is 4.22. The summed E-state index contributed by atoms with van der Waals surface area (Å²) >= 11 is 3.07. The second-order valence-corrected chi connectivity index (χ2v) is 6.98. The third-order valence-electron chi connectivity index (χ3n) is 3.72. The van der Waals surface area contributed by atoms with Gasteiger partial charge in [-0.2, -0.15) is 0 Å². The van der Waals surface area contributed by atoms with Crippen molar-refractivity contribution >= 4 is 42.8 Å². The van der Waals surface area contributed by atoms with Crippen molar-refractivity contribution in [1.82, 2.24) is 4.57 Å². The van der Waals surface area contributed by atoms with E-state index in [1.807, 2.05) is 22.9 Å². The van der Waals surface area contributed by atoms with E-state index in [2.05, 4.69) is 6.92 Å². The summed E-state index contributed by atoms with van der Waals surface area (Å²) in [5, 5.41) is 5.20. The number of rotatable bonds is 5. The molecule has 0 saturated carbocycles. The van der Waals surface area contributed by atoms with E-state index >= 15 is 0 Å². The van der Waals surface area contributed by atoms with Gasteiger partial charge in [0.05, 0.1) is 20.2 Å². The molecule has 0 aliphatic carbocycles. The summed E-state index contributed by atoms with van der Waals surface area (Å²) in [7, 11) is 0. The fourth-order valence-electron chi connectivity index (χ4n) is 2.59. The first-order chi connectivity index (χ1) is 10.2. The molecule has 3 aromatic rings. The highest BCUT2D eigenvalue weighted by Crippen LogP contribution is 2.28. The maximum Gasteiger partial charge on any atom is 0.262 e. The molecule has 0 spiro atoms. The Balaban J connectivity index is 2.21. The summed E-state index contributed by atoms with van der Waals surface area (Å²) in [6, 6.07) is 3.67. The van der Waals surface area contributed by atoms with Gasteiger partial charge in [-0.05, 0) is 29.3 Å². The van der Waals surface area contributed by atoms with E-state index < -0.39 is 0 Å². The van der Waals surface area contributed by atoms with Gasteiger partial charge < -0.3 is 0 Å². The third kappa shape index (κ3) is 2.56. The summed E-state index contributed by atoms with van der Waals surface area (Å²) in [4.78, 5) is 25.3. The van der Waals surface area contributed by atoms with E-state index in [0.29, 0.717) is 17.3 Å². The third-order valence-corrected chi connectivity index (χ3v) is 5.72. The highest BCUT2D eigenvalue weighted by Gasteiger charge is 2.12. The van der Waals surface area contributed by atoms with Crippen LogP contribution in [0.1, 0.15) is 32.6 Å². The minimum atomic E-state index is -0.142. The van der Waals surface area contributed by atoms with Crippen molar-refractivity contribution in [2.45, 2.75) is 39.2 Å². The van der Waals surface area contributed by atoms with Crippen molar-refractivity contribution in [1.29, 1.82) is 0 Å². The summed E-state index contributed by atoms with van der Waals surface area (Å²) in [5.41, 5.74) is -0.285. The van der Waals surface area contributed by atoms with Gasteiger partial charge >= 0.3 is 0 Å². The Hall–Kier alpha value is -1.46. The van der Waals surface area contributed by atoms with E-state index in [0.717, 1.165) is 35.1 Å². The molecule has 110 valence electrons. The van der Waals surface area contributed by atoms with Crippen molar-refractivity contribution in [2.75, 3.05) is 0 Å². The number of aromatic nitrogens is 1. The van der Waals surface area contributed by atoms with Gasteiger partial charge in [0.2, 0.25) is 0 Å². The molecule has 0 saturated heterocycles. The molecule has 3 aromatic heterocycles. The van der Waals surface area contributed by atoms with Crippen LogP contribution in [0.4, 0.5) is 0 Å². The Bertz CT molecular complexity index is 821. The van der Waals surface area contributed by atoms with Gasteiger partial charge in [-0.3, -0.25) is 14.2 Å². The summed E-state index contributed by atoms with van der Waals surface area (Å²) in [6.07, 6.45) is 4.22. The van der Waals surface area contributed by atoms with Crippen LogP contribution in [0.5, 0.6) is 0 Å². The number of hydrogen-bond donors (Lipinski definition) is 0. The van der Waals surface area contributed by atoms with Gasteiger partial charge in [0.15, 0.2) is 0 Å². The average molecular weight is 319 g/mol. The summed E-state index contributed by atoms with van der Waals surface area (Å²) < 4.78 is 3.31. The average Bonchev–Trinajstić information content (AvgIpc) is 3.12. The molecule has 0 radical (unpaired) electrons. The van der Waals surface area contributed by atoms with Crippen LogP contribution >= 0.6 is 22.7 Å². The number of fused-ring (bicyclic) bond motifs is 3. The second-order valence-electron chi connectivity index (χ2n) is 5.15. The molecule has 0 unspecified atom stereocenters. The van der Waals surface area contributed by atoms with Crippen molar-refractivity contribution in [3.05, 3.63) is 43.6 Å².